The lowest BCUT2D eigenvalue weighted by Crippen LogP contribution is -2.46. The predicted octanol–water partition coefficient (Wildman–Crippen LogP) is 3.34. The van der Waals surface area contributed by atoms with Crippen LogP contribution in [0.3, 0.4) is 0 Å². The van der Waals surface area contributed by atoms with E-state index in [1.807, 2.05) is 18.2 Å². The number of hydrogen-bond acceptors (Lipinski definition) is 3. The maximum absolute atomic E-state index is 5.48. The fourth-order valence-corrected chi connectivity index (χ4v) is 3.19. The Bertz CT molecular complexity index is 548. The van der Waals surface area contributed by atoms with Crippen LogP contribution in [0.15, 0.2) is 23.2 Å². The number of nitrogens with one attached hydrogen (secondary N) is 2. The molecule has 1 fully saturated rings. The van der Waals surface area contributed by atoms with Gasteiger partial charge in [0.1, 0.15) is 0 Å². The van der Waals surface area contributed by atoms with Gasteiger partial charge in [-0.3, -0.25) is 0 Å². The summed E-state index contributed by atoms with van der Waals surface area (Å²) >= 11 is 0. The van der Waals surface area contributed by atoms with Gasteiger partial charge in [0.2, 0.25) is 0 Å². The third-order valence-electron chi connectivity index (χ3n) is 5.03. The van der Waals surface area contributed by atoms with E-state index in [-0.39, 0.29) is 0 Å². The summed E-state index contributed by atoms with van der Waals surface area (Å²) in [6.07, 6.45) is 5.21. The van der Waals surface area contributed by atoms with Gasteiger partial charge in [-0.1, -0.05) is 25.5 Å². The molecule has 0 heterocycles. The molecule has 1 aromatic carbocycles. The number of hydrogen-bond donors (Lipinski definition) is 2. The fraction of sp³-hybridized carbons (Fsp3) is 0.632. The van der Waals surface area contributed by atoms with Crippen molar-refractivity contribution in [3.8, 4) is 11.5 Å². The van der Waals surface area contributed by atoms with E-state index in [9.17, 15) is 0 Å². The molecule has 0 spiro atoms. The van der Waals surface area contributed by atoms with Crippen molar-refractivity contribution in [2.75, 3.05) is 27.3 Å². The van der Waals surface area contributed by atoms with Gasteiger partial charge in [0.25, 0.3) is 0 Å². The second-order valence-corrected chi connectivity index (χ2v) is 6.41. The van der Waals surface area contributed by atoms with Gasteiger partial charge < -0.3 is 20.1 Å². The average molecular weight is 333 g/mol. The van der Waals surface area contributed by atoms with Crippen molar-refractivity contribution in [2.24, 2.45) is 10.4 Å². The maximum Gasteiger partial charge on any atom is 0.191 e. The molecule has 1 saturated carbocycles. The van der Waals surface area contributed by atoms with Crippen molar-refractivity contribution in [1.82, 2.24) is 10.6 Å². The van der Waals surface area contributed by atoms with Crippen molar-refractivity contribution < 1.29 is 9.47 Å². The van der Waals surface area contributed by atoms with Gasteiger partial charge in [-0.05, 0) is 37.7 Å². The standard InChI is InChI=1S/C19H31N3O2/c1-5-19(11-8-12-19)14-22-18(20-6-2)21-13-15-9-7-10-16(23-3)17(15)24-4/h7,9-10H,5-6,8,11-14H2,1-4H3,(H2,20,21,22). The molecule has 0 aromatic heterocycles. The van der Waals surface area contributed by atoms with Gasteiger partial charge in [0, 0.05) is 18.7 Å². The van der Waals surface area contributed by atoms with E-state index >= 15 is 0 Å². The molecule has 0 saturated heterocycles. The number of guanidine groups is 1. The molecule has 0 atom stereocenters. The summed E-state index contributed by atoms with van der Waals surface area (Å²) in [4.78, 5) is 4.72. The molecule has 1 aliphatic carbocycles. The van der Waals surface area contributed by atoms with Gasteiger partial charge in [-0.2, -0.15) is 0 Å². The fourth-order valence-electron chi connectivity index (χ4n) is 3.19. The minimum Gasteiger partial charge on any atom is -0.493 e. The molecule has 134 valence electrons. The highest BCUT2D eigenvalue weighted by molar-refractivity contribution is 5.79. The summed E-state index contributed by atoms with van der Waals surface area (Å²) in [7, 11) is 3.31. The molecule has 0 aliphatic heterocycles. The molecule has 2 N–H and O–H groups in total. The maximum atomic E-state index is 5.48. The molecule has 1 aromatic rings. The number of nitrogens with zero attached hydrogens (tertiary/aromatic N) is 1. The smallest absolute Gasteiger partial charge is 0.191 e. The first-order valence-corrected chi connectivity index (χ1v) is 8.90. The highest BCUT2D eigenvalue weighted by atomic mass is 16.5. The topological polar surface area (TPSA) is 54.9 Å². The lowest BCUT2D eigenvalue weighted by atomic mass is 9.67. The zero-order valence-electron chi connectivity index (χ0n) is 15.4. The normalized spacial score (nSPS) is 16.2. The minimum atomic E-state index is 0.462. The van der Waals surface area contributed by atoms with E-state index in [4.69, 9.17) is 14.5 Å². The number of rotatable bonds is 8. The number of methoxy groups -OCH3 is 2. The molecule has 0 unspecified atom stereocenters. The monoisotopic (exact) mass is 333 g/mol. The molecule has 5 nitrogen and oxygen atoms in total. The Hall–Kier alpha value is -1.91. The molecule has 2 rings (SSSR count). The number of benzene rings is 1. The first kappa shape index (κ1) is 18.4. The van der Waals surface area contributed by atoms with Crippen molar-refractivity contribution in [3.63, 3.8) is 0 Å². The number of para-hydroxylation sites is 1. The van der Waals surface area contributed by atoms with Crippen LogP contribution in [-0.4, -0.2) is 33.3 Å². The third-order valence-corrected chi connectivity index (χ3v) is 5.03. The lowest BCUT2D eigenvalue weighted by molar-refractivity contribution is 0.131. The zero-order chi connectivity index (χ0) is 17.4. The van der Waals surface area contributed by atoms with Gasteiger partial charge in [-0.25, -0.2) is 4.99 Å². The quantitative estimate of drug-likeness (QED) is 0.566. The van der Waals surface area contributed by atoms with Crippen LogP contribution < -0.4 is 20.1 Å². The van der Waals surface area contributed by atoms with E-state index < -0.39 is 0 Å². The zero-order valence-corrected chi connectivity index (χ0v) is 15.4. The van der Waals surface area contributed by atoms with Crippen molar-refractivity contribution in [2.45, 2.75) is 46.1 Å². The first-order chi connectivity index (χ1) is 11.7. The Balaban J connectivity index is 2.05. The van der Waals surface area contributed by atoms with Crippen LogP contribution in [-0.2, 0) is 6.54 Å². The minimum absolute atomic E-state index is 0.462. The second kappa shape index (κ2) is 8.81. The van der Waals surface area contributed by atoms with E-state index in [2.05, 4.69) is 24.5 Å². The molecular weight excluding hydrogens is 302 g/mol. The Morgan fingerprint density at radius 3 is 2.50 bits per heavy atom. The summed E-state index contributed by atoms with van der Waals surface area (Å²) in [5.41, 5.74) is 1.48. The van der Waals surface area contributed by atoms with E-state index in [1.54, 1.807) is 14.2 Å². The van der Waals surface area contributed by atoms with Crippen molar-refractivity contribution in [3.05, 3.63) is 23.8 Å². The van der Waals surface area contributed by atoms with Crippen LogP contribution in [0.5, 0.6) is 11.5 Å². The van der Waals surface area contributed by atoms with E-state index in [0.29, 0.717) is 12.0 Å². The predicted molar refractivity (Wildman–Crippen MR) is 98.9 cm³/mol. The summed E-state index contributed by atoms with van der Waals surface area (Å²) in [6, 6.07) is 5.89. The third kappa shape index (κ3) is 4.34. The molecule has 0 amide bonds. The molecule has 1 aliphatic rings. The Kier molecular flexibility index (Phi) is 6.76. The van der Waals surface area contributed by atoms with Gasteiger partial charge in [-0.15, -0.1) is 0 Å². The van der Waals surface area contributed by atoms with Crippen LogP contribution in [0.4, 0.5) is 0 Å². The molecular formula is C19H31N3O2. The van der Waals surface area contributed by atoms with Crippen molar-refractivity contribution in [1.29, 1.82) is 0 Å². The van der Waals surface area contributed by atoms with Crippen LogP contribution in [0, 0.1) is 5.41 Å². The van der Waals surface area contributed by atoms with Crippen LogP contribution in [0.25, 0.3) is 0 Å². The first-order valence-electron chi connectivity index (χ1n) is 8.90. The Morgan fingerprint density at radius 2 is 1.96 bits per heavy atom. The summed E-state index contributed by atoms with van der Waals surface area (Å²) < 4.78 is 10.8. The Morgan fingerprint density at radius 1 is 1.17 bits per heavy atom. The Labute approximate surface area is 145 Å². The number of aliphatic imine (C=N–C) groups is 1. The highest BCUT2D eigenvalue weighted by Crippen LogP contribution is 2.43. The summed E-state index contributed by atoms with van der Waals surface area (Å²) in [6.45, 7) is 6.76. The second-order valence-electron chi connectivity index (χ2n) is 6.41. The van der Waals surface area contributed by atoms with Gasteiger partial charge in [0.15, 0.2) is 17.5 Å². The molecule has 0 radical (unpaired) electrons. The largest absolute Gasteiger partial charge is 0.493 e. The SMILES string of the molecule is CCNC(=NCc1cccc(OC)c1OC)NCC1(CC)CCC1. The molecule has 24 heavy (non-hydrogen) atoms. The van der Waals surface area contributed by atoms with Crippen LogP contribution in [0.2, 0.25) is 0 Å². The van der Waals surface area contributed by atoms with Crippen LogP contribution in [0.1, 0.15) is 45.1 Å². The van der Waals surface area contributed by atoms with Crippen molar-refractivity contribution >= 4 is 5.96 Å². The summed E-state index contributed by atoms with van der Waals surface area (Å²) in [5.74, 6) is 2.35. The van der Waals surface area contributed by atoms with E-state index in [0.717, 1.165) is 36.1 Å². The highest BCUT2D eigenvalue weighted by Gasteiger charge is 2.34. The lowest BCUT2D eigenvalue weighted by Gasteiger charge is -2.41. The van der Waals surface area contributed by atoms with E-state index in [1.165, 1.54) is 25.7 Å². The number of ether oxygens (including phenoxy) is 2. The average Bonchev–Trinajstić information content (AvgIpc) is 2.58. The van der Waals surface area contributed by atoms with Crippen LogP contribution >= 0.6 is 0 Å². The molecule has 0 bridgehead atoms. The summed E-state index contributed by atoms with van der Waals surface area (Å²) in [5, 5.41) is 6.85. The van der Waals surface area contributed by atoms with Gasteiger partial charge in [0.05, 0.1) is 20.8 Å². The molecule has 5 heteroatoms. The van der Waals surface area contributed by atoms with Gasteiger partial charge >= 0.3 is 0 Å².